The number of amides is 1. The number of halogens is 1. The number of hydrogen-bond donors (Lipinski definition) is 0. The second kappa shape index (κ2) is 6.49. The first-order valence-electron chi connectivity index (χ1n) is 7.47. The van der Waals surface area contributed by atoms with Crippen LogP contribution in [0.3, 0.4) is 0 Å². The van der Waals surface area contributed by atoms with Gasteiger partial charge < -0.3 is 0 Å². The van der Waals surface area contributed by atoms with E-state index in [0.717, 1.165) is 27.7 Å². The number of carbonyl (C=O) groups is 1. The van der Waals surface area contributed by atoms with Gasteiger partial charge in [-0.15, -0.1) is 0 Å². The van der Waals surface area contributed by atoms with Crippen LogP contribution in [0.1, 0.15) is 23.6 Å². The molecule has 0 N–H and O–H groups in total. The summed E-state index contributed by atoms with van der Waals surface area (Å²) < 4.78 is 1.04. The molecule has 0 saturated carbocycles. The molecule has 1 unspecified atom stereocenters. The quantitative estimate of drug-likeness (QED) is 0.771. The number of nitrogens with zero attached hydrogens (tertiary/aromatic N) is 4. The number of hydrazone groups is 1. The fraction of sp³-hybridized carbons (Fsp3) is 0.176. The highest BCUT2D eigenvalue weighted by Crippen LogP contribution is 2.36. The first kappa shape index (κ1) is 15.5. The van der Waals surface area contributed by atoms with Gasteiger partial charge in [-0.2, -0.15) is 10.1 Å². The molecule has 4 rings (SSSR count). The van der Waals surface area contributed by atoms with Gasteiger partial charge in [0, 0.05) is 28.9 Å². The minimum absolute atomic E-state index is 0.0402. The third-order valence-corrected chi connectivity index (χ3v) is 5.38. The second-order valence-corrected chi connectivity index (χ2v) is 7.33. The van der Waals surface area contributed by atoms with Gasteiger partial charge in [-0.05, 0) is 29.8 Å². The first-order chi connectivity index (χ1) is 11.7. The van der Waals surface area contributed by atoms with Gasteiger partial charge in [0.05, 0.1) is 17.5 Å². The molecule has 0 radical (unpaired) electrons. The minimum atomic E-state index is -0.0999. The molecular formula is C17H13BrN4OS. The highest BCUT2D eigenvalue weighted by atomic mass is 79.9. The molecule has 1 amide bonds. The van der Waals surface area contributed by atoms with E-state index in [1.165, 1.54) is 11.8 Å². The summed E-state index contributed by atoms with van der Waals surface area (Å²) in [7, 11) is 0. The van der Waals surface area contributed by atoms with Crippen molar-refractivity contribution < 1.29 is 4.79 Å². The van der Waals surface area contributed by atoms with E-state index in [4.69, 9.17) is 5.10 Å². The van der Waals surface area contributed by atoms with E-state index < -0.39 is 0 Å². The number of hydrogen-bond acceptors (Lipinski definition) is 5. The number of aromatic nitrogens is 1. The van der Waals surface area contributed by atoms with E-state index >= 15 is 0 Å². The summed E-state index contributed by atoms with van der Waals surface area (Å²) in [5.74, 6) is 0.288. The zero-order valence-electron chi connectivity index (χ0n) is 12.6. The molecule has 0 saturated heterocycles. The van der Waals surface area contributed by atoms with Crippen molar-refractivity contribution in [1.29, 1.82) is 0 Å². The predicted octanol–water partition coefficient (Wildman–Crippen LogP) is 3.62. The van der Waals surface area contributed by atoms with E-state index in [1.807, 2.05) is 29.3 Å². The summed E-state index contributed by atoms with van der Waals surface area (Å²) in [5, 5.41) is 7.32. The molecular weight excluding hydrogens is 388 g/mol. The lowest BCUT2D eigenvalue weighted by Crippen LogP contribution is -2.23. The second-order valence-electron chi connectivity index (χ2n) is 5.48. The number of pyridine rings is 1. The average molecular weight is 401 g/mol. The Morgan fingerprint density at radius 2 is 1.88 bits per heavy atom. The molecule has 2 aromatic rings. The van der Waals surface area contributed by atoms with Crippen molar-refractivity contribution in [3.8, 4) is 0 Å². The molecule has 1 aromatic carbocycles. The summed E-state index contributed by atoms with van der Waals surface area (Å²) in [4.78, 5) is 19.7. The van der Waals surface area contributed by atoms with Gasteiger partial charge >= 0.3 is 0 Å². The van der Waals surface area contributed by atoms with Crippen LogP contribution in [0.15, 0.2) is 63.4 Å². The maximum atomic E-state index is 11.6. The summed E-state index contributed by atoms with van der Waals surface area (Å²) in [5.41, 5.74) is 3.17. The van der Waals surface area contributed by atoms with Crippen molar-refractivity contribution in [2.45, 2.75) is 12.5 Å². The maximum absolute atomic E-state index is 11.6. The fourth-order valence-corrected chi connectivity index (χ4v) is 3.81. The Bertz CT molecular complexity index is 835. The molecule has 3 heterocycles. The Balaban J connectivity index is 1.71. The largest absolute Gasteiger partial charge is 0.272 e. The molecule has 24 heavy (non-hydrogen) atoms. The Hall–Kier alpha value is -1.99. The van der Waals surface area contributed by atoms with Gasteiger partial charge in [0.15, 0.2) is 5.17 Å². The molecule has 120 valence electrons. The Labute approximate surface area is 152 Å². The van der Waals surface area contributed by atoms with Crippen molar-refractivity contribution >= 4 is 44.5 Å². The van der Waals surface area contributed by atoms with E-state index in [-0.39, 0.29) is 11.9 Å². The van der Waals surface area contributed by atoms with Crippen LogP contribution in [0.5, 0.6) is 0 Å². The van der Waals surface area contributed by atoms with Gasteiger partial charge in [-0.25, -0.2) is 5.01 Å². The topological polar surface area (TPSA) is 57.9 Å². The van der Waals surface area contributed by atoms with Gasteiger partial charge in [0.25, 0.3) is 5.91 Å². The molecule has 5 nitrogen and oxygen atoms in total. The lowest BCUT2D eigenvalue weighted by Gasteiger charge is -2.22. The summed E-state index contributed by atoms with van der Waals surface area (Å²) in [6.07, 6.45) is 4.29. The van der Waals surface area contributed by atoms with Crippen LogP contribution in [-0.4, -0.2) is 32.5 Å². The number of thioether (sulfide) groups is 1. The SMILES string of the molecule is O=C1CSC(N2N=C(c3ccncc3)CC2c2ccc(Br)cc2)=N1. The third kappa shape index (κ3) is 3.01. The van der Waals surface area contributed by atoms with Crippen LogP contribution < -0.4 is 0 Å². The number of aliphatic imine (C=N–C) groups is 1. The highest BCUT2D eigenvalue weighted by molar-refractivity contribution is 9.10. The molecule has 1 atom stereocenters. The maximum Gasteiger partial charge on any atom is 0.258 e. The Morgan fingerprint density at radius 1 is 1.12 bits per heavy atom. The molecule has 2 aliphatic rings. The molecule has 0 spiro atoms. The smallest absolute Gasteiger partial charge is 0.258 e. The Kier molecular flexibility index (Phi) is 4.20. The summed E-state index contributed by atoms with van der Waals surface area (Å²) >= 11 is 4.91. The molecule has 0 aliphatic carbocycles. The van der Waals surface area contributed by atoms with Crippen LogP contribution in [0.2, 0.25) is 0 Å². The van der Waals surface area contributed by atoms with Gasteiger partial charge in [0.2, 0.25) is 0 Å². The molecule has 2 aliphatic heterocycles. The summed E-state index contributed by atoms with van der Waals surface area (Å²) in [6.45, 7) is 0. The van der Waals surface area contributed by atoms with Gasteiger partial charge in [0.1, 0.15) is 0 Å². The third-order valence-electron chi connectivity index (χ3n) is 3.92. The van der Waals surface area contributed by atoms with Crippen molar-refractivity contribution in [3.05, 3.63) is 64.4 Å². The van der Waals surface area contributed by atoms with Crippen molar-refractivity contribution in [2.75, 3.05) is 5.75 Å². The van der Waals surface area contributed by atoms with Crippen LogP contribution >= 0.6 is 27.7 Å². The summed E-state index contributed by atoms with van der Waals surface area (Å²) in [6, 6.07) is 12.1. The van der Waals surface area contributed by atoms with E-state index in [1.54, 1.807) is 12.4 Å². The average Bonchev–Trinajstić information content (AvgIpc) is 3.23. The number of rotatable bonds is 2. The number of benzene rings is 1. The lowest BCUT2D eigenvalue weighted by atomic mass is 9.99. The van der Waals surface area contributed by atoms with Crippen LogP contribution in [0.4, 0.5) is 0 Å². The van der Waals surface area contributed by atoms with Gasteiger partial charge in [-0.1, -0.05) is 39.8 Å². The molecule has 0 bridgehead atoms. The van der Waals surface area contributed by atoms with Gasteiger partial charge in [-0.3, -0.25) is 9.78 Å². The predicted molar refractivity (Wildman–Crippen MR) is 99.0 cm³/mol. The minimum Gasteiger partial charge on any atom is -0.272 e. The lowest BCUT2D eigenvalue weighted by molar-refractivity contribution is -0.115. The van der Waals surface area contributed by atoms with E-state index in [9.17, 15) is 4.79 Å². The number of amidine groups is 1. The molecule has 0 fully saturated rings. The van der Waals surface area contributed by atoms with Crippen LogP contribution in [0, 0.1) is 0 Å². The molecule has 1 aromatic heterocycles. The van der Waals surface area contributed by atoms with Crippen molar-refractivity contribution in [1.82, 2.24) is 9.99 Å². The molecule has 7 heteroatoms. The monoisotopic (exact) mass is 400 g/mol. The van der Waals surface area contributed by atoms with Crippen molar-refractivity contribution in [2.24, 2.45) is 10.1 Å². The Morgan fingerprint density at radius 3 is 2.54 bits per heavy atom. The normalized spacial score (nSPS) is 20.3. The fourth-order valence-electron chi connectivity index (χ4n) is 2.77. The van der Waals surface area contributed by atoms with Crippen molar-refractivity contribution in [3.63, 3.8) is 0 Å². The zero-order chi connectivity index (χ0) is 16.5. The van der Waals surface area contributed by atoms with Crippen LogP contribution in [-0.2, 0) is 4.79 Å². The highest BCUT2D eigenvalue weighted by Gasteiger charge is 2.34. The van der Waals surface area contributed by atoms with Crippen LogP contribution in [0.25, 0.3) is 0 Å². The standard InChI is InChI=1S/C17H13BrN4OS/c18-13-3-1-12(2-4-13)15-9-14(11-5-7-19-8-6-11)21-22(15)17-20-16(23)10-24-17/h1-8,15H,9-10H2. The van der Waals surface area contributed by atoms with E-state index in [2.05, 4.69) is 38.0 Å². The first-order valence-corrected chi connectivity index (χ1v) is 9.25. The number of carbonyl (C=O) groups excluding carboxylic acids is 1. The zero-order valence-corrected chi connectivity index (χ0v) is 15.0. The van der Waals surface area contributed by atoms with E-state index in [0.29, 0.717) is 10.9 Å².